The van der Waals surface area contributed by atoms with Gasteiger partial charge in [0.25, 0.3) is 0 Å². The highest BCUT2D eigenvalue weighted by atomic mass is 79.9. The number of hydrogen-bond donors (Lipinski definition) is 3. The Balaban J connectivity index is 1.96. The molecule has 2 aromatic rings. The molecule has 1 heterocycles. The lowest BCUT2D eigenvalue weighted by Crippen LogP contribution is -2.18. The third-order valence-corrected chi connectivity index (χ3v) is 4.53. The Bertz CT molecular complexity index is 830. The van der Waals surface area contributed by atoms with Gasteiger partial charge in [0.05, 0.1) is 11.4 Å². The zero-order valence-electron chi connectivity index (χ0n) is 13.8. The molecule has 0 atom stereocenters. The first-order valence-electron chi connectivity index (χ1n) is 7.90. The zero-order chi connectivity index (χ0) is 18.0. The van der Waals surface area contributed by atoms with Gasteiger partial charge in [-0.15, -0.1) is 0 Å². The molecule has 4 nitrogen and oxygen atoms in total. The lowest BCUT2D eigenvalue weighted by molar-refractivity contribution is 0.444. The molecule has 0 unspecified atom stereocenters. The van der Waals surface area contributed by atoms with Crippen molar-refractivity contribution < 1.29 is 9.50 Å². The zero-order valence-corrected chi connectivity index (χ0v) is 15.4. The second-order valence-corrected chi connectivity index (χ2v) is 7.07. The Hall–Kier alpha value is -2.18. The molecule has 0 saturated carbocycles. The number of likely N-dealkylation sites (N-methyl/N-ethyl adjacent to an activating group) is 1. The molecule has 0 aromatic heterocycles. The van der Waals surface area contributed by atoms with Gasteiger partial charge in [-0.1, -0.05) is 28.1 Å². The lowest BCUT2D eigenvalue weighted by Gasteiger charge is -2.16. The van der Waals surface area contributed by atoms with Gasteiger partial charge in [-0.3, -0.25) is 4.90 Å². The molecule has 3 rings (SSSR count). The van der Waals surface area contributed by atoms with E-state index in [0.717, 1.165) is 15.6 Å². The fraction of sp³-hybridized carbons (Fsp3) is 0.211. The predicted octanol–water partition coefficient (Wildman–Crippen LogP) is 3.76. The topological polar surface area (TPSA) is 59.4 Å². The molecule has 0 radical (unpaired) electrons. The van der Waals surface area contributed by atoms with Gasteiger partial charge in [0.15, 0.2) is 0 Å². The van der Waals surface area contributed by atoms with Crippen molar-refractivity contribution in [1.29, 1.82) is 5.41 Å². The fourth-order valence-corrected chi connectivity index (χ4v) is 3.50. The van der Waals surface area contributed by atoms with Gasteiger partial charge in [-0.05, 0) is 42.9 Å². The van der Waals surface area contributed by atoms with E-state index in [-0.39, 0.29) is 11.6 Å². The SMILES string of the molecule is CN1CC(=N)/C(=C(\NCc2cc(O)cc(Br)c2)c2ccccc2F)C1. The minimum absolute atomic E-state index is 0.166. The lowest BCUT2D eigenvalue weighted by atomic mass is 10.0. The second kappa shape index (κ2) is 7.37. The normalized spacial score (nSPS) is 17.0. The molecule has 1 saturated heterocycles. The summed E-state index contributed by atoms with van der Waals surface area (Å²) in [4.78, 5) is 2.02. The van der Waals surface area contributed by atoms with Crippen molar-refractivity contribution in [2.24, 2.45) is 0 Å². The molecule has 0 bridgehead atoms. The van der Waals surface area contributed by atoms with Gasteiger partial charge in [0, 0.05) is 35.2 Å². The molecule has 1 aliphatic heterocycles. The second-order valence-electron chi connectivity index (χ2n) is 6.16. The van der Waals surface area contributed by atoms with Crippen LogP contribution in [0, 0.1) is 11.2 Å². The largest absolute Gasteiger partial charge is 0.508 e. The monoisotopic (exact) mass is 403 g/mol. The molecule has 25 heavy (non-hydrogen) atoms. The Morgan fingerprint density at radius 3 is 2.68 bits per heavy atom. The summed E-state index contributed by atoms with van der Waals surface area (Å²) < 4.78 is 15.1. The van der Waals surface area contributed by atoms with Gasteiger partial charge in [0.1, 0.15) is 11.6 Å². The van der Waals surface area contributed by atoms with E-state index in [0.29, 0.717) is 36.6 Å². The summed E-state index contributed by atoms with van der Waals surface area (Å²) >= 11 is 3.36. The minimum atomic E-state index is -0.322. The van der Waals surface area contributed by atoms with Crippen LogP contribution in [0.5, 0.6) is 5.75 Å². The third-order valence-electron chi connectivity index (χ3n) is 4.08. The Morgan fingerprint density at radius 1 is 1.28 bits per heavy atom. The van der Waals surface area contributed by atoms with Crippen molar-refractivity contribution in [2.75, 3.05) is 20.1 Å². The summed E-state index contributed by atoms with van der Waals surface area (Å²) in [6.07, 6.45) is 0. The van der Waals surface area contributed by atoms with Crippen LogP contribution in [0.1, 0.15) is 11.1 Å². The molecule has 130 valence electrons. The fourth-order valence-electron chi connectivity index (χ4n) is 2.97. The molecule has 0 aliphatic carbocycles. The van der Waals surface area contributed by atoms with Crippen LogP contribution in [0.2, 0.25) is 0 Å². The van der Waals surface area contributed by atoms with Gasteiger partial charge < -0.3 is 15.8 Å². The van der Waals surface area contributed by atoms with Crippen LogP contribution in [-0.4, -0.2) is 35.9 Å². The van der Waals surface area contributed by atoms with Crippen LogP contribution in [0.15, 0.2) is 52.5 Å². The van der Waals surface area contributed by atoms with E-state index >= 15 is 0 Å². The summed E-state index contributed by atoms with van der Waals surface area (Å²) in [5.41, 5.74) is 3.24. The molecule has 6 heteroatoms. The summed E-state index contributed by atoms with van der Waals surface area (Å²) in [6, 6.07) is 11.7. The summed E-state index contributed by atoms with van der Waals surface area (Å²) in [6.45, 7) is 1.56. The van der Waals surface area contributed by atoms with E-state index in [4.69, 9.17) is 5.41 Å². The Morgan fingerprint density at radius 2 is 2.04 bits per heavy atom. The van der Waals surface area contributed by atoms with Crippen molar-refractivity contribution in [2.45, 2.75) is 6.54 Å². The summed E-state index contributed by atoms with van der Waals surface area (Å²) in [7, 11) is 1.94. The number of phenols is 1. The number of benzene rings is 2. The number of halogens is 2. The standard InChI is InChI=1S/C19H19BrFN3O/c1-24-10-16(18(22)11-24)19(15-4-2-3-5-17(15)21)23-9-12-6-13(20)8-14(25)7-12/h2-8,22-23,25H,9-11H2,1H3/b19-16-,22-18?. The van der Waals surface area contributed by atoms with Crippen molar-refractivity contribution in [3.05, 3.63) is 69.5 Å². The maximum atomic E-state index is 14.4. The van der Waals surface area contributed by atoms with Crippen LogP contribution in [-0.2, 0) is 6.54 Å². The Kier molecular flexibility index (Phi) is 5.20. The van der Waals surface area contributed by atoms with E-state index in [1.165, 1.54) is 6.07 Å². The maximum Gasteiger partial charge on any atom is 0.132 e. The van der Waals surface area contributed by atoms with E-state index < -0.39 is 0 Å². The molecule has 1 fully saturated rings. The number of nitrogens with zero attached hydrogens (tertiary/aromatic N) is 1. The van der Waals surface area contributed by atoms with Crippen LogP contribution in [0.4, 0.5) is 4.39 Å². The molecule has 0 spiro atoms. The number of hydrogen-bond acceptors (Lipinski definition) is 4. The average Bonchev–Trinajstić information content (AvgIpc) is 2.87. The number of nitrogens with one attached hydrogen (secondary N) is 2. The number of phenolic OH excluding ortho intramolecular Hbond substituents is 1. The van der Waals surface area contributed by atoms with Crippen LogP contribution >= 0.6 is 15.9 Å². The quantitative estimate of drug-likeness (QED) is 0.728. The Labute approximate surface area is 154 Å². The molecular weight excluding hydrogens is 385 g/mol. The maximum absolute atomic E-state index is 14.4. The smallest absolute Gasteiger partial charge is 0.132 e. The minimum Gasteiger partial charge on any atom is -0.508 e. The molecule has 3 N–H and O–H groups in total. The molecular formula is C19H19BrFN3O. The van der Waals surface area contributed by atoms with Crippen molar-refractivity contribution >= 4 is 27.3 Å². The van der Waals surface area contributed by atoms with Crippen LogP contribution < -0.4 is 5.32 Å². The summed E-state index contributed by atoms with van der Waals surface area (Å²) in [5.74, 6) is -0.156. The average molecular weight is 404 g/mol. The van der Waals surface area contributed by atoms with Gasteiger partial charge >= 0.3 is 0 Å². The molecule has 2 aromatic carbocycles. The highest BCUT2D eigenvalue weighted by molar-refractivity contribution is 9.10. The first-order chi connectivity index (χ1) is 11.9. The van der Waals surface area contributed by atoms with Crippen LogP contribution in [0.3, 0.4) is 0 Å². The molecule has 1 aliphatic rings. The van der Waals surface area contributed by atoms with Crippen molar-refractivity contribution in [3.63, 3.8) is 0 Å². The van der Waals surface area contributed by atoms with Crippen molar-refractivity contribution in [1.82, 2.24) is 10.2 Å². The number of aromatic hydroxyl groups is 1. The van der Waals surface area contributed by atoms with E-state index in [1.54, 1.807) is 30.3 Å². The summed E-state index contributed by atoms with van der Waals surface area (Å²) in [5, 5.41) is 21.2. The van der Waals surface area contributed by atoms with Crippen molar-refractivity contribution in [3.8, 4) is 5.75 Å². The predicted molar refractivity (Wildman–Crippen MR) is 101 cm³/mol. The third kappa shape index (κ3) is 4.08. The first kappa shape index (κ1) is 17.6. The van der Waals surface area contributed by atoms with E-state index in [1.807, 2.05) is 18.0 Å². The highest BCUT2D eigenvalue weighted by Crippen LogP contribution is 2.25. The van der Waals surface area contributed by atoms with E-state index in [2.05, 4.69) is 21.2 Å². The van der Waals surface area contributed by atoms with Gasteiger partial charge in [0.2, 0.25) is 0 Å². The number of likely N-dealkylation sites (tertiary alicyclic amines) is 1. The molecule has 0 amide bonds. The van der Waals surface area contributed by atoms with Gasteiger partial charge in [-0.2, -0.15) is 0 Å². The van der Waals surface area contributed by atoms with Crippen LogP contribution in [0.25, 0.3) is 5.70 Å². The number of rotatable bonds is 4. The van der Waals surface area contributed by atoms with E-state index in [9.17, 15) is 9.50 Å². The van der Waals surface area contributed by atoms with Gasteiger partial charge in [-0.25, -0.2) is 4.39 Å². The highest BCUT2D eigenvalue weighted by Gasteiger charge is 2.24. The first-order valence-corrected chi connectivity index (χ1v) is 8.70.